The molecule has 0 bridgehead atoms. The third kappa shape index (κ3) is 4.07. The van der Waals surface area contributed by atoms with Crippen molar-refractivity contribution < 1.29 is 24.5 Å². The monoisotopic (exact) mass is 352 g/mol. The van der Waals surface area contributed by atoms with Crippen molar-refractivity contribution in [1.29, 1.82) is 0 Å². The van der Waals surface area contributed by atoms with E-state index in [1.807, 2.05) is 30.3 Å². The van der Waals surface area contributed by atoms with Crippen molar-refractivity contribution in [1.82, 2.24) is 10.3 Å². The van der Waals surface area contributed by atoms with Gasteiger partial charge in [-0.15, -0.1) is 0 Å². The van der Waals surface area contributed by atoms with Crippen LogP contribution in [0.2, 0.25) is 0 Å². The van der Waals surface area contributed by atoms with Crippen LogP contribution in [-0.4, -0.2) is 33.6 Å². The molecule has 7 heteroatoms. The van der Waals surface area contributed by atoms with Gasteiger partial charge in [0, 0.05) is 5.39 Å². The summed E-state index contributed by atoms with van der Waals surface area (Å²) in [6.07, 6.45) is 0. The lowest BCUT2D eigenvalue weighted by Gasteiger charge is -2.09. The number of aromatic nitrogens is 1. The minimum Gasteiger partial charge on any atom is -0.505 e. The molecule has 132 valence electrons. The van der Waals surface area contributed by atoms with E-state index in [0.29, 0.717) is 23.3 Å². The molecule has 0 radical (unpaired) electrons. The fraction of sp³-hybridized carbons (Fsp3) is 0.105. The molecule has 3 N–H and O–H groups in total. The first kappa shape index (κ1) is 17.2. The number of carboxylic acids is 1. The average molecular weight is 352 g/mol. The third-order valence-electron chi connectivity index (χ3n) is 3.63. The molecular formula is C19H16N2O5. The van der Waals surface area contributed by atoms with E-state index in [-0.39, 0.29) is 11.4 Å². The molecule has 0 saturated heterocycles. The van der Waals surface area contributed by atoms with Crippen LogP contribution in [-0.2, 0) is 11.4 Å². The van der Waals surface area contributed by atoms with Crippen LogP contribution in [0.15, 0.2) is 54.6 Å². The highest BCUT2D eigenvalue weighted by molar-refractivity contribution is 5.99. The van der Waals surface area contributed by atoms with E-state index >= 15 is 0 Å². The minimum atomic E-state index is -1.18. The number of carbonyl (C=O) groups is 2. The first-order chi connectivity index (χ1) is 12.5. The van der Waals surface area contributed by atoms with Crippen molar-refractivity contribution >= 4 is 22.8 Å². The predicted molar refractivity (Wildman–Crippen MR) is 94.2 cm³/mol. The van der Waals surface area contributed by atoms with Gasteiger partial charge in [0.15, 0.2) is 5.69 Å². The average Bonchev–Trinajstić information content (AvgIpc) is 2.64. The molecule has 0 unspecified atom stereocenters. The topological polar surface area (TPSA) is 109 Å². The number of carboxylic acid groups (broad SMARTS) is 1. The van der Waals surface area contributed by atoms with E-state index in [1.54, 1.807) is 18.2 Å². The van der Waals surface area contributed by atoms with Crippen LogP contribution in [0.1, 0.15) is 16.1 Å². The predicted octanol–water partition coefficient (Wildman–Crippen LogP) is 2.33. The number of aliphatic carboxylic acids is 1. The van der Waals surface area contributed by atoms with Crippen molar-refractivity contribution in [3.63, 3.8) is 0 Å². The lowest BCUT2D eigenvalue weighted by Crippen LogP contribution is -2.29. The molecule has 0 saturated carbocycles. The number of nitrogens with zero attached hydrogens (tertiary/aromatic N) is 1. The van der Waals surface area contributed by atoms with Crippen molar-refractivity contribution in [2.45, 2.75) is 6.61 Å². The van der Waals surface area contributed by atoms with Crippen LogP contribution in [0.25, 0.3) is 10.9 Å². The lowest BCUT2D eigenvalue weighted by molar-refractivity contribution is -0.135. The summed E-state index contributed by atoms with van der Waals surface area (Å²) in [5, 5.41) is 21.4. The van der Waals surface area contributed by atoms with Crippen LogP contribution in [0.4, 0.5) is 0 Å². The van der Waals surface area contributed by atoms with Crippen molar-refractivity contribution in [3.8, 4) is 11.5 Å². The normalized spacial score (nSPS) is 10.5. The highest BCUT2D eigenvalue weighted by Gasteiger charge is 2.15. The Morgan fingerprint density at radius 3 is 2.58 bits per heavy atom. The highest BCUT2D eigenvalue weighted by Crippen LogP contribution is 2.26. The molecule has 0 fully saturated rings. The smallest absolute Gasteiger partial charge is 0.322 e. The molecule has 0 spiro atoms. The Morgan fingerprint density at radius 1 is 1.08 bits per heavy atom. The molecule has 7 nitrogen and oxygen atoms in total. The number of benzene rings is 2. The molecule has 3 aromatic rings. The molecule has 0 aliphatic rings. The molecule has 3 rings (SSSR count). The van der Waals surface area contributed by atoms with Crippen LogP contribution >= 0.6 is 0 Å². The molecule has 2 aromatic carbocycles. The van der Waals surface area contributed by atoms with E-state index in [2.05, 4.69) is 10.3 Å². The van der Waals surface area contributed by atoms with Gasteiger partial charge in [-0.2, -0.15) is 0 Å². The van der Waals surface area contributed by atoms with E-state index in [9.17, 15) is 14.7 Å². The van der Waals surface area contributed by atoms with Gasteiger partial charge in [-0.3, -0.25) is 9.59 Å². The van der Waals surface area contributed by atoms with Gasteiger partial charge in [-0.25, -0.2) is 4.98 Å². The molecule has 1 heterocycles. The van der Waals surface area contributed by atoms with Gasteiger partial charge in [-0.1, -0.05) is 30.3 Å². The number of nitrogens with one attached hydrogen (secondary N) is 1. The molecule has 0 atom stereocenters. The first-order valence-corrected chi connectivity index (χ1v) is 7.83. The van der Waals surface area contributed by atoms with Gasteiger partial charge in [0.2, 0.25) is 0 Å². The molecular weight excluding hydrogens is 336 g/mol. The summed E-state index contributed by atoms with van der Waals surface area (Å²) in [4.78, 5) is 26.5. The molecule has 0 aliphatic carbocycles. The summed E-state index contributed by atoms with van der Waals surface area (Å²) in [7, 11) is 0. The molecule has 1 aromatic heterocycles. The molecule has 0 aliphatic heterocycles. The number of hydrogen-bond acceptors (Lipinski definition) is 5. The van der Waals surface area contributed by atoms with Crippen LogP contribution in [0, 0.1) is 0 Å². The van der Waals surface area contributed by atoms with E-state index in [0.717, 1.165) is 5.56 Å². The Balaban J connectivity index is 1.79. The van der Waals surface area contributed by atoms with Gasteiger partial charge >= 0.3 is 5.97 Å². The Kier molecular flexibility index (Phi) is 4.98. The number of carbonyl (C=O) groups excluding carboxylic acids is 1. The Hall–Kier alpha value is -3.61. The van der Waals surface area contributed by atoms with Gasteiger partial charge in [0.25, 0.3) is 5.91 Å². The van der Waals surface area contributed by atoms with Gasteiger partial charge in [-0.05, 0) is 29.8 Å². The van der Waals surface area contributed by atoms with Crippen LogP contribution < -0.4 is 10.1 Å². The largest absolute Gasteiger partial charge is 0.505 e. The third-order valence-corrected chi connectivity index (χ3v) is 3.63. The van der Waals surface area contributed by atoms with Crippen LogP contribution in [0.3, 0.4) is 0 Å². The number of pyridine rings is 1. The lowest BCUT2D eigenvalue weighted by atomic mass is 10.1. The number of aromatic hydroxyl groups is 1. The second kappa shape index (κ2) is 7.52. The number of rotatable bonds is 6. The highest BCUT2D eigenvalue weighted by atomic mass is 16.5. The van der Waals surface area contributed by atoms with Crippen molar-refractivity contribution in [2.24, 2.45) is 0 Å². The maximum Gasteiger partial charge on any atom is 0.322 e. The second-order valence-electron chi connectivity index (χ2n) is 5.56. The van der Waals surface area contributed by atoms with Gasteiger partial charge < -0.3 is 20.3 Å². The number of ether oxygens (including phenoxy) is 1. The summed E-state index contributed by atoms with van der Waals surface area (Å²) in [5.74, 6) is -1.67. The summed E-state index contributed by atoms with van der Waals surface area (Å²) < 4.78 is 5.73. The van der Waals surface area contributed by atoms with E-state index in [4.69, 9.17) is 9.84 Å². The summed E-state index contributed by atoms with van der Waals surface area (Å²) in [6.45, 7) is -0.147. The number of amides is 1. The zero-order chi connectivity index (χ0) is 18.5. The second-order valence-corrected chi connectivity index (χ2v) is 5.56. The standard InChI is InChI=1S/C19H16N2O5/c22-16-9-13-8-14(26-11-12-4-2-1-3-5-12)6-7-15(13)21-18(16)19(25)20-10-17(23)24/h1-9,22H,10-11H2,(H,20,25)(H,23,24). The maximum atomic E-state index is 11.9. The SMILES string of the molecule is O=C(O)CNC(=O)c1nc2ccc(OCc3ccccc3)cc2cc1O. The number of hydrogen-bond donors (Lipinski definition) is 3. The quantitative estimate of drug-likeness (QED) is 0.628. The Morgan fingerprint density at radius 2 is 1.85 bits per heavy atom. The van der Waals surface area contributed by atoms with Gasteiger partial charge in [0.05, 0.1) is 5.52 Å². The van der Waals surface area contributed by atoms with Crippen LogP contribution in [0.5, 0.6) is 11.5 Å². The fourth-order valence-electron chi connectivity index (χ4n) is 2.38. The fourth-order valence-corrected chi connectivity index (χ4v) is 2.38. The van der Waals surface area contributed by atoms with E-state index in [1.165, 1.54) is 6.07 Å². The Bertz CT molecular complexity index is 957. The molecule has 26 heavy (non-hydrogen) atoms. The van der Waals surface area contributed by atoms with Gasteiger partial charge in [0.1, 0.15) is 24.7 Å². The summed E-state index contributed by atoms with van der Waals surface area (Å²) in [5.41, 5.74) is 1.28. The minimum absolute atomic E-state index is 0.225. The summed E-state index contributed by atoms with van der Waals surface area (Å²) >= 11 is 0. The van der Waals surface area contributed by atoms with Crippen molar-refractivity contribution in [3.05, 3.63) is 65.9 Å². The molecule has 1 amide bonds. The summed E-state index contributed by atoms with van der Waals surface area (Å²) in [6, 6.07) is 16.2. The first-order valence-electron chi connectivity index (χ1n) is 7.83. The Labute approximate surface area is 148 Å². The zero-order valence-corrected chi connectivity index (χ0v) is 13.7. The maximum absolute atomic E-state index is 11.9. The number of fused-ring (bicyclic) bond motifs is 1. The van der Waals surface area contributed by atoms with Crippen molar-refractivity contribution in [2.75, 3.05) is 6.54 Å². The zero-order valence-electron chi connectivity index (χ0n) is 13.7. The van der Waals surface area contributed by atoms with E-state index < -0.39 is 18.4 Å².